The van der Waals surface area contributed by atoms with E-state index in [1.807, 2.05) is 63.2 Å². The van der Waals surface area contributed by atoms with E-state index in [1.165, 1.54) is 5.69 Å². The first-order chi connectivity index (χ1) is 16.5. The molecule has 1 saturated heterocycles. The first-order valence-electron chi connectivity index (χ1n) is 11.3. The van der Waals surface area contributed by atoms with E-state index in [0.717, 1.165) is 65.4 Å². The van der Waals surface area contributed by atoms with Crippen LogP contribution < -0.4 is 10.3 Å². The van der Waals surface area contributed by atoms with Crippen LogP contribution in [0, 0.1) is 13.8 Å². The lowest BCUT2D eigenvalue weighted by atomic mass is 10.1. The molecule has 0 radical (unpaired) electrons. The van der Waals surface area contributed by atoms with Gasteiger partial charge in [-0.15, -0.1) is 0 Å². The van der Waals surface area contributed by atoms with E-state index in [0.29, 0.717) is 5.56 Å². The highest BCUT2D eigenvalue weighted by molar-refractivity contribution is 7.98. The van der Waals surface area contributed by atoms with Gasteiger partial charge in [0.2, 0.25) is 0 Å². The fraction of sp³-hybridized carbons (Fsp3) is 0.308. The van der Waals surface area contributed by atoms with Crippen molar-refractivity contribution in [1.82, 2.24) is 15.4 Å². The number of carbonyl (C=O) groups excluding carboxylic acids is 1. The molecule has 0 spiro atoms. The van der Waals surface area contributed by atoms with Gasteiger partial charge in [-0.25, -0.2) is 15.4 Å². The second kappa shape index (κ2) is 11.3. The molecule has 1 aliphatic rings. The number of rotatable bonds is 7. The van der Waals surface area contributed by atoms with Crippen molar-refractivity contribution in [3.8, 4) is 0 Å². The Hall–Kier alpha value is -3.23. The van der Waals surface area contributed by atoms with Crippen molar-refractivity contribution in [2.24, 2.45) is 5.10 Å². The van der Waals surface area contributed by atoms with Crippen LogP contribution in [0.4, 0.5) is 5.69 Å². The highest BCUT2D eigenvalue weighted by Crippen LogP contribution is 2.20. The number of benzene rings is 2. The fourth-order valence-corrected chi connectivity index (χ4v) is 4.56. The van der Waals surface area contributed by atoms with Gasteiger partial charge in [0.1, 0.15) is 0 Å². The van der Waals surface area contributed by atoms with Gasteiger partial charge in [-0.05, 0) is 62.2 Å². The van der Waals surface area contributed by atoms with Gasteiger partial charge in [0.25, 0.3) is 5.91 Å². The number of thioether (sulfide) groups is 1. The van der Waals surface area contributed by atoms with Crippen molar-refractivity contribution in [3.63, 3.8) is 0 Å². The van der Waals surface area contributed by atoms with Crippen LogP contribution in [0.3, 0.4) is 0 Å². The Kier molecular flexibility index (Phi) is 7.92. The smallest absolute Gasteiger partial charge is 0.271 e. The van der Waals surface area contributed by atoms with Crippen LogP contribution in [-0.4, -0.2) is 47.9 Å². The van der Waals surface area contributed by atoms with Crippen molar-refractivity contribution in [1.29, 1.82) is 0 Å². The molecule has 0 saturated carbocycles. The minimum atomic E-state index is -0.235. The third kappa shape index (κ3) is 6.42. The number of hydrogen-bond acceptors (Lipinski definition) is 7. The Labute approximate surface area is 204 Å². The number of aryl methyl sites for hydroxylation is 2. The molecule has 1 N–H and O–H groups in total. The fourth-order valence-electron chi connectivity index (χ4n) is 3.66. The monoisotopic (exact) mass is 475 g/mol. The van der Waals surface area contributed by atoms with Gasteiger partial charge in [0, 0.05) is 41.5 Å². The molecule has 0 atom stereocenters. The van der Waals surface area contributed by atoms with E-state index >= 15 is 0 Å². The largest absolute Gasteiger partial charge is 0.378 e. The van der Waals surface area contributed by atoms with Gasteiger partial charge in [0.15, 0.2) is 5.16 Å². The van der Waals surface area contributed by atoms with Crippen molar-refractivity contribution >= 4 is 29.1 Å². The van der Waals surface area contributed by atoms with Crippen molar-refractivity contribution in [2.75, 3.05) is 31.2 Å². The quantitative estimate of drug-likeness (QED) is 0.237. The van der Waals surface area contributed by atoms with Gasteiger partial charge in [-0.1, -0.05) is 36.0 Å². The Morgan fingerprint density at radius 2 is 1.62 bits per heavy atom. The summed E-state index contributed by atoms with van der Waals surface area (Å²) in [6, 6.07) is 17.7. The summed E-state index contributed by atoms with van der Waals surface area (Å²) in [5.41, 5.74) is 9.15. The predicted molar refractivity (Wildman–Crippen MR) is 137 cm³/mol. The molecule has 1 fully saturated rings. The molecular formula is C26H29N5O2S. The molecule has 1 amide bonds. The maximum Gasteiger partial charge on any atom is 0.271 e. The SMILES string of the molecule is CC(=NNC(=O)c1ccc(CSc2nc(C)cc(C)n2)cc1)c1ccc(N2CCOCC2)cc1. The maximum atomic E-state index is 12.5. The molecule has 2 aromatic carbocycles. The van der Waals surface area contributed by atoms with Crippen LogP contribution in [0.5, 0.6) is 0 Å². The molecule has 1 aliphatic heterocycles. The number of anilines is 1. The zero-order valence-electron chi connectivity index (χ0n) is 19.7. The summed E-state index contributed by atoms with van der Waals surface area (Å²) in [7, 11) is 0. The van der Waals surface area contributed by atoms with Crippen LogP contribution in [-0.2, 0) is 10.5 Å². The summed E-state index contributed by atoms with van der Waals surface area (Å²) >= 11 is 1.58. The first-order valence-corrected chi connectivity index (χ1v) is 12.3. The summed E-state index contributed by atoms with van der Waals surface area (Å²) in [5.74, 6) is 0.504. The molecule has 3 aromatic rings. The number of nitrogens with one attached hydrogen (secondary N) is 1. The minimum Gasteiger partial charge on any atom is -0.378 e. The van der Waals surface area contributed by atoms with Crippen LogP contribution in [0.1, 0.15) is 39.8 Å². The van der Waals surface area contributed by atoms with E-state index in [2.05, 4.69) is 37.5 Å². The second-order valence-electron chi connectivity index (χ2n) is 8.20. The molecular weight excluding hydrogens is 446 g/mol. The summed E-state index contributed by atoms with van der Waals surface area (Å²) in [5, 5.41) is 5.06. The van der Waals surface area contributed by atoms with E-state index in [4.69, 9.17) is 4.74 Å². The summed E-state index contributed by atoms with van der Waals surface area (Å²) in [6.07, 6.45) is 0. The molecule has 0 bridgehead atoms. The maximum absolute atomic E-state index is 12.5. The number of amides is 1. The van der Waals surface area contributed by atoms with Crippen molar-refractivity contribution in [3.05, 3.63) is 82.7 Å². The first kappa shape index (κ1) is 23.9. The topological polar surface area (TPSA) is 79.7 Å². The Morgan fingerprint density at radius 3 is 2.26 bits per heavy atom. The summed E-state index contributed by atoms with van der Waals surface area (Å²) in [6.45, 7) is 9.15. The zero-order valence-corrected chi connectivity index (χ0v) is 20.6. The molecule has 0 unspecified atom stereocenters. The van der Waals surface area contributed by atoms with Gasteiger partial charge in [0.05, 0.1) is 18.9 Å². The third-order valence-electron chi connectivity index (χ3n) is 5.53. The lowest BCUT2D eigenvalue weighted by Crippen LogP contribution is -2.36. The number of aromatic nitrogens is 2. The lowest BCUT2D eigenvalue weighted by Gasteiger charge is -2.28. The van der Waals surface area contributed by atoms with Crippen molar-refractivity contribution in [2.45, 2.75) is 31.7 Å². The number of hydrazone groups is 1. The molecule has 8 heteroatoms. The lowest BCUT2D eigenvalue weighted by molar-refractivity contribution is 0.0955. The molecule has 4 rings (SSSR count). The number of carbonyl (C=O) groups is 1. The Balaban J connectivity index is 1.31. The molecule has 2 heterocycles. The minimum absolute atomic E-state index is 0.235. The van der Waals surface area contributed by atoms with E-state index in [1.54, 1.807) is 11.8 Å². The van der Waals surface area contributed by atoms with E-state index in [9.17, 15) is 4.79 Å². The van der Waals surface area contributed by atoms with Crippen LogP contribution in [0.25, 0.3) is 0 Å². The average molecular weight is 476 g/mol. The molecule has 1 aromatic heterocycles. The zero-order chi connectivity index (χ0) is 23.9. The number of ether oxygens (including phenoxy) is 1. The van der Waals surface area contributed by atoms with Crippen LogP contribution in [0.2, 0.25) is 0 Å². The predicted octanol–water partition coefficient (Wildman–Crippen LogP) is 4.38. The average Bonchev–Trinajstić information content (AvgIpc) is 2.86. The van der Waals surface area contributed by atoms with Crippen LogP contribution in [0.15, 0.2) is 64.9 Å². The van der Waals surface area contributed by atoms with Gasteiger partial charge in [-0.3, -0.25) is 4.79 Å². The van der Waals surface area contributed by atoms with Crippen molar-refractivity contribution < 1.29 is 9.53 Å². The van der Waals surface area contributed by atoms with Gasteiger partial charge < -0.3 is 9.64 Å². The molecule has 7 nitrogen and oxygen atoms in total. The van der Waals surface area contributed by atoms with E-state index < -0.39 is 0 Å². The number of morpholine rings is 1. The second-order valence-corrected chi connectivity index (χ2v) is 9.15. The molecule has 176 valence electrons. The Bertz CT molecular complexity index is 1140. The normalized spacial score (nSPS) is 14.2. The van der Waals surface area contributed by atoms with E-state index in [-0.39, 0.29) is 5.91 Å². The highest BCUT2D eigenvalue weighted by Gasteiger charge is 2.11. The van der Waals surface area contributed by atoms with Gasteiger partial charge >= 0.3 is 0 Å². The third-order valence-corrected chi connectivity index (χ3v) is 6.45. The summed E-state index contributed by atoms with van der Waals surface area (Å²) < 4.78 is 5.41. The number of hydrogen-bond donors (Lipinski definition) is 1. The number of nitrogens with zero attached hydrogens (tertiary/aromatic N) is 4. The summed E-state index contributed by atoms with van der Waals surface area (Å²) in [4.78, 5) is 23.8. The van der Waals surface area contributed by atoms with Gasteiger partial charge in [-0.2, -0.15) is 5.10 Å². The highest BCUT2D eigenvalue weighted by atomic mass is 32.2. The molecule has 34 heavy (non-hydrogen) atoms. The Morgan fingerprint density at radius 1 is 1.00 bits per heavy atom. The molecule has 0 aliphatic carbocycles. The standard InChI is InChI=1S/C26H29N5O2S/c1-18-16-19(2)28-26(27-18)34-17-21-4-6-23(7-5-21)25(32)30-29-20(3)22-8-10-24(11-9-22)31-12-14-33-15-13-31/h4-11,16H,12-15,17H2,1-3H3,(H,30,32). The van der Waals surface area contributed by atoms with Crippen LogP contribution >= 0.6 is 11.8 Å².